The first-order chi connectivity index (χ1) is 11.2. The molecule has 0 saturated heterocycles. The molecule has 0 fully saturated rings. The lowest BCUT2D eigenvalue weighted by Crippen LogP contribution is -2.10. The number of hydrogen-bond acceptors (Lipinski definition) is 3. The Kier molecular flexibility index (Phi) is 3.56. The summed E-state index contributed by atoms with van der Waals surface area (Å²) in [5.41, 5.74) is 2.77. The fraction of sp³-hybridized carbons (Fsp3) is 0.0556. The molecule has 23 heavy (non-hydrogen) atoms. The molecule has 0 saturated carbocycles. The maximum Gasteiger partial charge on any atom is 0.265 e. The summed E-state index contributed by atoms with van der Waals surface area (Å²) in [4.78, 5) is 14.2. The number of fused-ring (bicyclic) bond motifs is 3. The average Bonchev–Trinajstić information content (AvgIpc) is 3.00. The van der Waals surface area contributed by atoms with Crippen LogP contribution >= 0.6 is 22.9 Å². The summed E-state index contributed by atoms with van der Waals surface area (Å²) in [5, 5.41) is 3.47. The van der Waals surface area contributed by atoms with Gasteiger partial charge in [0.2, 0.25) is 0 Å². The van der Waals surface area contributed by atoms with Gasteiger partial charge in [-0.1, -0.05) is 29.8 Å². The highest BCUT2D eigenvalue weighted by Gasteiger charge is 2.22. The van der Waals surface area contributed by atoms with Crippen molar-refractivity contribution >= 4 is 34.5 Å². The van der Waals surface area contributed by atoms with Gasteiger partial charge in [-0.3, -0.25) is 4.79 Å². The Bertz CT molecular complexity index is 904. The SMILES string of the molecule is O=C(Nc1cccc(Cl)c1)c1cc2c(s1)-c1ccccc1OC2. The summed E-state index contributed by atoms with van der Waals surface area (Å²) in [6, 6.07) is 16.9. The van der Waals surface area contributed by atoms with Crippen LogP contribution in [0.2, 0.25) is 5.02 Å². The Morgan fingerprint density at radius 1 is 1.13 bits per heavy atom. The van der Waals surface area contributed by atoms with Gasteiger partial charge in [-0.15, -0.1) is 11.3 Å². The van der Waals surface area contributed by atoms with Gasteiger partial charge in [-0.2, -0.15) is 0 Å². The second-order valence-electron chi connectivity index (χ2n) is 5.21. The number of carbonyl (C=O) groups excluding carboxylic acids is 1. The Morgan fingerprint density at radius 2 is 2.00 bits per heavy atom. The molecule has 0 aliphatic carbocycles. The Balaban J connectivity index is 1.65. The quantitative estimate of drug-likeness (QED) is 0.694. The second kappa shape index (κ2) is 5.72. The molecule has 114 valence electrons. The van der Waals surface area contributed by atoms with Crippen molar-refractivity contribution in [3.05, 3.63) is 70.1 Å². The number of hydrogen-bond donors (Lipinski definition) is 1. The van der Waals surface area contributed by atoms with Crippen molar-refractivity contribution < 1.29 is 9.53 Å². The molecule has 4 rings (SSSR count). The number of nitrogens with one attached hydrogen (secondary N) is 1. The zero-order valence-electron chi connectivity index (χ0n) is 12.0. The molecule has 0 spiro atoms. The van der Waals surface area contributed by atoms with Crippen molar-refractivity contribution in [2.45, 2.75) is 6.61 Å². The number of thiophene rings is 1. The van der Waals surface area contributed by atoms with E-state index in [1.807, 2.05) is 42.5 Å². The molecular weight excluding hydrogens is 330 g/mol. The molecule has 3 aromatic rings. The van der Waals surface area contributed by atoms with Crippen LogP contribution in [0.15, 0.2) is 54.6 Å². The van der Waals surface area contributed by atoms with E-state index >= 15 is 0 Å². The van der Waals surface area contributed by atoms with E-state index in [1.165, 1.54) is 11.3 Å². The van der Waals surface area contributed by atoms with E-state index in [0.29, 0.717) is 22.2 Å². The van der Waals surface area contributed by atoms with Crippen molar-refractivity contribution in [1.29, 1.82) is 0 Å². The maximum atomic E-state index is 12.5. The predicted octanol–water partition coefficient (Wildman–Crippen LogP) is 5.21. The van der Waals surface area contributed by atoms with Crippen LogP contribution in [-0.4, -0.2) is 5.91 Å². The highest BCUT2D eigenvalue weighted by atomic mass is 35.5. The van der Waals surface area contributed by atoms with Gasteiger partial charge in [0, 0.05) is 26.7 Å². The third-order valence-corrected chi connectivity index (χ3v) is 5.07. The van der Waals surface area contributed by atoms with Crippen molar-refractivity contribution in [3.63, 3.8) is 0 Å². The van der Waals surface area contributed by atoms with Crippen LogP contribution < -0.4 is 10.1 Å². The van der Waals surface area contributed by atoms with Crippen LogP contribution in [-0.2, 0) is 6.61 Å². The first kappa shape index (κ1) is 14.3. The lowest BCUT2D eigenvalue weighted by atomic mass is 10.1. The van der Waals surface area contributed by atoms with Crippen LogP contribution in [0.1, 0.15) is 15.2 Å². The minimum Gasteiger partial charge on any atom is -0.488 e. The fourth-order valence-electron chi connectivity index (χ4n) is 2.57. The highest BCUT2D eigenvalue weighted by molar-refractivity contribution is 7.17. The maximum absolute atomic E-state index is 12.5. The van der Waals surface area contributed by atoms with Crippen LogP contribution in [0.4, 0.5) is 5.69 Å². The summed E-state index contributed by atoms with van der Waals surface area (Å²) in [6.07, 6.45) is 0. The smallest absolute Gasteiger partial charge is 0.265 e. The van der Waals surface area contributed by atoms with Gasteiger partial charge in [0.1, 0.15) is 12.4 Å². The van der Waals surface area contributed by atoms with E-state index < -0.39 is 0 Å². The topological polar surface area (TPSA) is 38.3 Å². The lowest BCUT2D eigenvalue weighted by Gasteiger charge is -2.16. The Labute approximate surface area is 142 Å². The summed E-state index contributed by atoms with van der Waals surface area (Å²) in [5.74, 6) is 0.729. The van der Waals surface area contributed by atoms with Gasteiger partial charge in [0.05, 0.1) is 4.88 Å². The number of carbonyl (C=O) groups is 1. The van der Waals surface area contributed by atoms with Gasteiger partial charge in [-0.05, 0) is 36.4 Å². The number of ether oxygens (including phenoxy) is 1. The molecule has 1 aromatic heterocycles. The predicted molar refractivity (Wildman–Crippen MR) is 93.5 cm³/mol. The van der Waals surface area contributed by atoms with E-state index in [4.69, 9.17) is 16.3 Å². The van der Waals surface area contributed by atoms with Crippen LogP contribution in [0.25, 0.3) is 10.4 Å². The molecule has 1 aliphatic heterocycles. The van der Waals surface area contributed by atoms with Gasteiger partial charge >= 0.3 is 0 Å². The highest BCUT2D eigenvalue weighted by Crippen LogP contribution is 2.42. The minimum absolute atomic E-state index is 0.135. The third-order valence-electron chi connectivity index (χ3n) is 3.63. The summed E-state index contributed by atoms with van der Waals surface area (Å²) in [7, 11) is 0. The molecule has 1 amide bonds. The molecule has 1 N–H and O–H groups in total. The molecular formula is C18H12ClNO2S. The van der Waals surface area contributed by atoms with Crippen molar-refractivity contribution in [2.24, 2.45) is 0 Å². The van der Waals surface area contributed by atoms with Crippen LogP contribution in [0, 0.1) is 0 Å². The number of amides is 1. The number of rotatable bonds is 2. The molecule has 5 heteroatoms. The summed E-state index contributed by atoms with van der Waals surface area (Å²) >= 11 is 7.43. The molecule has 2 heterocycles. The number of anilines is 1. The van der Waals surface area contributed by atoms with Crippen LogP contribution in [0.5, 0.6) is 5.75 Å². The second-order valence-corrected chi connectivity index (χ2v) is 6.70. The van der Waals surface area contributed by atoms with Crippen molar-refractivity contribution in [3.8, 4) is 16.2 Å². The fourth-order valence-corrected chi connectivity index (χ4v) is 3.85. The largest absolute Gasteiger partial charge is 0.488 e. The van der Waals surface area contributed by atoms with Crippen molar-refractivity contribution in [1.82, 2.24) is 0 Å². The molecule has 2 aromatic carbocycles. The van der Waals surface area contributed by atoms with E-state index in [-0.39, 0.29) is 5.91 Å². The monoisotopic (exact) mass is 341 g/mol. The standard InChI is InChI=1S/C18H12ClNO2S/c19-12-4-3-5-13(9-12)20-18(21)16-8-11-10-22-15-7-2-1-6-14(15)17(11)23-16/h1-9H,10H2,(H,20,21). The Hall–Kier alpha value is -2.30. The number of para-hydroxylation sites is 1. The molecule has 1 aliphatic rings. The minimum atomic E-state index is -0.135. The van der Waals surface area contributed by atoms with E-state index in [0.717, 1.165) is 21.8 Å². The van der Waals surface area contributed by atoms with Gasteiger partial charge < -0.3 is 10.1 Å². The molecule has 0 unspecified atom stereocenters. The number of halogens is 1. The zero-order chi connectivity index (χ0) is 15.8. The zero-order valence-corrected chi connectivity index (χ0v) is 13.6. The normalized spacial score (nSPS) is 12.0. The molecule has 0 atom stereocenters. The van der Waals surface area contributed by atoms with E-state index in [1.54, 1.807) is 12.1 Å². The summed E-state index contributed by atoms with van der Waals surface area (Å²) < 4.78 is 5.73. The Morgan fingerprint density at radius 3 is 2.87 bits per heavy atom. The first-order valence-electron chi connectivity index (χ1n) is 7.12. The first-order valence-corrected chi connectivity index (χ1v) is 8.32. The van der Waals surface area contributed by atoms with Gasteiger partial charge in [-0.25, -0.2) is 0 Å². The van der Waals surface area contributed by atoms with Crippen molar-refractivity contribution in [2.75, 3.05) is 5.32 Å². The average molecular weight is 342 g/mol. The summed E-state index contributed by atoms with van der Waals surface area (Å²) in [6.45, 7) is 0.493. The third kappa shape index (κ3) is 2.71. The molecule has 0 radical (unpaired) electrons. The number of benzene rings is 2. The van der Waals surface area contributed by atoms with Gasteiger partial charge in [0.15, 0.2) is 0 Å². The van der Waals surface area contributed by atoms with Crippen LogP contribution in [0.3, 0.4) is 0 Å². The molecule has 0 bridgehead atoms. The van der Waals surface area contributed by atoms with E-state index in [2.05, 4.69) is 5.32 Å². The van der Waals surface area contributed by atoms with E-state index in [9.17, 15) is 4.79 Å². The lowest BCUT2D eigenvalue weighted by molar-refractivity contribution is 0.103. The van der Waals surface area contributed by atoms with Gasteiger partial charge in [0.25, 0.3) is 5.91 Å². The molecule has 3 nitrogen and oxygen atoms in total.